The largest absolute Gasteiger partial charge is 0.495 e. The molecule has 1 heterocycles. The number of methoxy groups -OCH3 is 1. The fourth-order valence-corrected chi connectivity index (χ4v) is 4.34. The summed E-state index contributed by atoms with van der Waals surface area (Å²) in [4.78, 5) is 2.35. The lowest BCUT2D eigenvalue weighted by molar-refractivity contribution is 0.222. The molecular weight excluding hydrogens is 395 g/mol. The molecule has 1 aliphatic rings. The summed E-state index contributed by atoms with van der Waals surface area (Å²) < 4.78 is 11.6. The molecule has 0 bridgehead atoms. The molecule has 2 aromatic rings. The van der Waals surface area contributed by atoms with Gasteiger partial charge in [0.2, 0.25) is 0 Å². The van der Waals surface area contributed by atoms with E-state index in [4.69, 9.17) is 32.7 Å². The second-order valence-electron chi connectivity index (χ2n) is 6.88. The molecule has 6 heteroatoms. The summed E-state index contributed by atoms with van der Waals surface area (Å²) in [5, 5.41) is 4.70. The van der Waals surface area contributed by atoms with E-state index in [0.717, 1.165) is 43.9 Å². The Morgan fingerprint density at radius 3 is 2.61 bits per heavy atom. The lowest BCUT2D eigenvalue weighted by Gasteiger charge is -2.29. The molecule has 0 fully saturated rings. The third-order valence-electron chi connectivity index (χ3n) is 5.29. The van der Waals surface area contributed by atoms with Crippen LogP contribution in [-0.2, 0) is 6.42 Å². The summed E-state index contributed by atoms with van der Waals surface area (Å²) >= 11 is 12.6. The van der Waals surface area contributed by atoms with E-state index in [9.17, 15) is 0 Å². The standard InChI is InChI=1S/C22H28Cl2N2O2/c1-4-26(5-2)10-11-28-17-6-7-18-15(12-17)8-9-25-21(18)19-13-16(23)14-20(24)22(19)27-3/h6-7,12-14,21,25H,4-5,8-11H2,1-3H3. The first kappa shape index (κ1) is 21.3. The van der Waals surface area contributed by atoms with E-state index in [0.29, 0.717) is 22.4 Å². The number of ether oxygens (including phenoxy) is 2. The Kier molecular flexibility index (Phi) is 7.47. The van der Waals surface area contributed by atoms with Crippen LogP contribution in [0, 0.1) is 0 Å². The van der Waals surface area contributed by atoms with Crippen molar-refractivity contribution >= 4 is 23.2 Å². The van der Waals surface area contributed by atoms with E-state index < -0.39 is 0 Å². The maximum atomic E-state index is 6.35. The molecule has 152 valence electrons. The topological polar surface area (TPSA) is 33.7 Å². The second kappa shape index (κ2) is 9.84. The fourth-order valence-electron chi connectivity index (χ4n) is 3.75. The highest BCUT2D eigenvalue weighted by Crippen LogP contribution is 2.40. The minimum absolute atomic E-state index is 0.0142. The first-order valence-corrected chi connectivity index (χ1v) is 10.6. The normalized spacial score (nSPS) is 16.1. The Morgan fingerprint density at radius 2 is 1.89 bits per heavy atom. The Labute approximate surface area is 177 Å². The van der Waals surface area contributed by atoms with Crippen LogP contribution >= 0.6 is 23.2 Å². The molecule has 1 N–H and O–H groups in total. The quantitative estimate of drug-likeness (QED) is 0.651. The smallest absolute Gasteiger partial charge is 0.142 e. The molecule has 4 nitrogen and oxygen atoms in total. The van der Waals surface area contributed by atoms with Crippen molar-refractivity contribution in [3.05, 3.63) is 57.1 Å². The van der Waals surface area contributed by atoms with Gasteiger partial charge in [-0.1, -0.05) is 43.1 Å². The van der Waals surface area contributed by atoms with Gasteiger partial charge in [0.25, 0.3) is 0 Å². The first-order valence-electron chi connectivity index (χ1n) is 9.81. The molecule has 0 radical (unpaired) electrons. The molecule has 2 aromatic carbocycles. The fraction of sp³-hybridized carbons (Fsp3) is 0.455. The minimum Gasteiger partial charge on any atom is -0.495 e. The molecule has 28 heavy (non-hydrogen) atoms. The van der Waals surface area contributed by atoms with E-state index in [2.05, 4.69) is 36.2 Å². The van der Waals surface area contributed by atoms with Crippen LogP contribution in [0.1, 0.15) is 36.6 Å². The van der Waals surface area contributed by atoms with Gasteiger partial charge in [-0.3, -0.25) is 0 Å². The van der Waals surface area contributed by atoms with Gasteiger partial charge in [0.15, 0.2) is 0 Å². The summed E-state index contributed by atoms with van der Waals surface area (Å²) in [6.45, 7) is 8.93. The highest BCUT2D eigenvalue weighted by atomic mass is 35.5. The van der Waals surface area contributed by atoms with Crippen LogP contribution < -0.4 is 14.8 Å². The van der Waals surface area contributed by atoms with Crippen LogP contribution in [0.2, 0.25) is 10.0 Å². The van der Waals surface area contributed by atoms with Gasteiger partial charge < -0.3 is 19.7 Å². The third-order valence-corrected chi connectivity index (χ3v) is 5.79. The van der Waals surface area contributed by atoms with Crippen LogP contribution in [0.3, 0.4) is 0 Å². The zero-order valence-corrected chi connectivity index (χ0v) is 18.2. The van der Waals surface area contributed by atoms with Crippen molar-refractivity contribution in [1.29, 1.82) is 0 Å². The molecule has 3 rings (SSSR count). The number of hydrogen-bond donors (Lipinski definition) is 1. The average Bonchev–Trinajstić information content (AvgIpc) is 2.70. The van der Waals surface area contributed by atoms with Gasteiger partial charge in [-0.2, -0.15) is 0 Å². The molecule has 0 spiro atoms. The number of fused-ring (bicyclic) bond motifs is 1. The number of nitrogens with zero attached hydrogens (tertiary/aromatic N) is 1. The van der Waals surface area contributed by atoms with Gasteiger partial charge in [0.05, 0.1) is 18.2 Å². The van der Waals surface area contributed by atoms with Crippen LogP contribution in [0.4, 0.5) is 0 Å². The maximum absolute atomic E-state index is 6.35. The van der Waals surface area contributed by atoms with Gasteiger partial charge in [-0.05, 0) is 54.9 Å². The molecular formula is C22H28Cl2N2O2. The second-order valence-corrected chi connectivity index (χ2v) is 7.73. The molecule has 0 aliphatic carbocycles. The SMILES string of the molecule is CCN(CC)CCOc1ccc2c(c1)CCNC2c1cc(Cl)cc(Cl)c1OC. The van der Waals surface area contributed by atoms with Crippen molar-refractivity contribution in [2.75, 3.05) is 39.9 Å². The van der Waals surface area contributed by atoms with Crippen molar-refractivity contribution in [3.8, 4) is 11.5 Å². The van der Waals surface area contributed by atoms with Gasteiger partial charge >= 0.3 is 0 Å². The predicted molar refractivity (Wildman–Crippen MR) is 116 cm³/mol. The molecule has 0 saturated heterocycles. The van der Waals surface area contributed by atoms with E-state index in [-0.39, 0.29) is 6.04 Å². The number of likely N-dealkylation sites (N-methyl/N-ethyl adjacent to an activating group) is 1. The zero-order valence-electron chi connectivity index (χ0n) is 16.7. The molecule has 0 saturated carbocycles. The lowest BCUT2D eigenvalue weighted by Crippen LogP contribution is -2.31. The van der Waals surface area contributed by atoms with Gasteiger partial charge in [0.1, 0.15) is 18.1 Å². The Balaban J connectivity index is 1.82. The Hall–Kier alpha value is -1.46. The summed E-state index contributed by atoms with van der Waals surface area (Å²) in [5.41, 5.74) is 3.44. The summed E-state index contributed by atoms with van der Waals surface area (Å²) in [6, 6.07) is 9.95. The number of rotatable bonds is 8. The van der Waals surface area contributed by atoms with Crippen molar-refractivity contribution in [3.63, 3.8) is 0 Å². The maximum Gasteiger partial charge on any atom is 0.142 e. The monoisotopic (exact) mass is 422 g/mol. The van der Waals surface area contributed by atoms with Crippen molar-refractivity contribution in [1.82, 2.24) is 10.2 Å². The Bertz CT molecular complexity index is 809. The number of nitrogens with one attached hydrogen (secondary N) is 1. The molecule has 0 amide bonds. The number of hydrogen-bond acceptors (Lipinski definition) is 4. The Morgan fingerprint density at radius 1 is 1.11 bits per heavy atom. The van der Waals surface area contributed by atoms with Crippen LogP contribution in [-0.4, -0.2) is 44.8 Å². The van der Waals surface area contributed by atoms with E-state index in [1.165, 1.54) is 11.1 Å². The summed E-state index contributed by atoms with van der Waals surface area (Å²) in [5.74, 6) is 1.58. The third kappa shape index (κ3) is 4.74. The summed E-state index contributed by atoms with van der Waals surface area (Å²) in [6.07, 6.45) is 0.954. The van der Waals surface area contributed by atoms with Crippen molar-refractivity contribution in [2.24, 2.45) is 0 Å². The van der Waals surface area contributed by atoms with Crippen molar-refractivity contribution < 1.29 is 9.47 Å². The number of benzene rings is 2. The van der Waals surface area contributed by atoms with E-state index >= 15 is 0 Å². The average molecular weight is 423 g/mol. The number of halogens is 2. The highest BCUT2D eigenvalue weighted by molar-refractivity contribution is 6.35. The molecule has 1 atom stereocenters. The lowest BCUT2D eigenvalue weighted by atomic mass is 9.89. The molecule has 1 unspecified atom stereocenters. The van der Waals surface area contributed by atoms with Gasteiger partial charge in [0, 0.05) is 23.7 Å². The summed E-state index contributed by atoms with van der Waals surface area (Å²) in [7, 11) is 1.63. The van der Waals surface area contributed by atoms with Crippen LogP contribution in [0.25, 0.3) is 0 Å². The molecule has 1 aliphatic heterocycles. The van der Waals surface area contributed by atoms with Crippen LogP contribution in [0.15, 0.2) is 30.3 Å². The van der Waals surface area contributed by atoms with Gasteiger partial charge in [-0.15, -0.1) is 0 Å². The van der Waals surface area contributed by atoms with E-state index in [1.807, 2.05) is 12.1 Å². The van der Waals surface area contributed by atoms with Crippen molar-refractivity contribution in [2.45, 2.75) is 26.3 Å². The predicted octanol–water partition coefficient (Wildman–Crippen LogP) is 4.96. The minimum atomic E-state index is -0.0142. The van der Waals surface area contributed by atoms with Crippen LogP contribution in [0.5, 0.6) is 11.5 Å². The highest BCUT2D eigenvalue weighted by Gasteiger charge is 2.26. The zero-order chi connectivity index (χ0) is 20.1. The first-order chi connectivity index (χ1) is 13.6. The van der Waals surface area contributed by atoms with E-state index in [1.54, 1.807) is 13.2 Å². The van der Waals surface area contributed by atoms with Gasteiger partial charge in [-0.25, -0.2) is 0 Å². The molecule has 0 aromatic heterocycles.